The topological polar surface area (TPSA) is 35.2 Å². The third-order valence-electron chi connectivity index (χ3n) is 3.94. The smallest absolute Gasteiger partial charge is 0.163 e. The van der Waals surface area contributed by atoms with Crippen molar-refractivity contribution in [3.8, 4) is 0 Å². The Bertz CT molecular complexity index is 644. The average molecular weight is 289 g/mol. The number of nitrogens with two attached hydrogens (primary N) is 1. The highest BCUT2D eigenvalue weighted by Crippen LogP contribution is 2.34. The molecule has 0 fully saturated rings. The minimum absolute atomic E-state index is 0.174. The van der Waals surface area contributed by atoms with Gasteiger partial charge in [0.15, 0.2) is 11.6 Å². The molecule has 0 aromatic heterocycles. The van der Waals surface area contributed by atoms with Crippen LogP contribution < -0.4 is 5.73 Å². The molecule has 1 heterocycles. The van der Waals surface area contributed by atoms with Gasteiger partial charge in [-0.1, -0.05) is 36.4 Å². The molecule has 110 valence electrons. The minimum atomic E-state index is -0.868. The summed E-state index contributed by atoms with van der Waals surface area (Å²) in [6.45, 7) is 0.625. The maximum atomic E-state index is 13.8. The van der Waals surface area contributed by atoms with E-state index in [4.69, 9.17) is 10.5 Å². The maximum absolute atomic E-state index is 13.8. The Balaban J connectivity index is 1.83. The van der Waals surface area contributed by atoms with E-state index in [0.29, 0.717) is 13.0 Å². The van der Waals surface area contributed by atoms with Gasteiger partial charge in [0.2, 0.25) is 0 Å². The molecule has 0 saturated heterocycles. The number of halogens is 2. The molecule has 2 nitrogen and oxygen atoms in total. The summed E-state index contributed by atoms with van der Waals surface area (Å²) in [7, 11) is 0. The fraction of sp³-hybridized carbons (Fsp3) is 0.294. The first-order valence-corrected chi connectivity index (χ1v) is 7.05. The van der Waals surface area contributed by atoms with Gasteiger partial charge in [-0.05, 0) is 30.0 Å². The summed E-state index contributed by atoms with van der Waals surface area (Å²) in [6, 6.07) is 11.5. The minimum Gasteiger partial charge on any atom is -0.373 e. The van der Waals surface area contributed by atoms with E-state index in [-0.39, 0.29) is 11.7 Å². The van der Waals surface area contributed by atoms with E-state index in [1.807, 2.05) is 18.2 Å². The Labute approximate surface area is 122 Å². The first-order chi connectivity index (χ1) is 10.2. The van der Waals surface area contributed by atoms with Crippen molar-refractivity contribution in [2.24, 2.45) is 5.73 Å². The molecule has 0 bridgehead atoms. The second kappa shape index (κ2) is 5.92. The van der Waals surface area contributed by atoms with Crippen molar-refractivity contribution in [1.29, 1.82) is 0 Å². The molecule has 2 N–H and O–H groups in total. The maximum Gasteiger partial charge on any atom is 0.163 e. The van der Waals surface area contributed by atoms with Crippen molar-refractivity contribution in [2.75, 3.05) is 6.61 Å². The molecule has 0 amide bonds. The zero-order valence-electron chi connectivity index (χ0n) is 11.6. The summed E-state index contributed by atoms with van der Waals surface area (Å²) in [4.78, 5) is 0. The number of ether oxygens (including phenoxy) is 1. The van der Waals surface area contributed by atoms with Crippen LogP contribution in [0.25, 0.3) is 0 Å². The Hall–Kier alpha value is -1.78. The monoisotopic (exact) mass is 289 g/mol. The second-order valence-corrected chi connectivity index (χ2v) is 5.29. The highest BCUT2D eigenvalue weighted by atomic mass is 19.2. The van der Waals surface area contributed by atoms with Gasteiger partial charge in [-0.3, -0.25) is 0 Å². The van der Waals surface area contributed by atoms with E-state index in [2.05, 4.69) is 6.07 Å². The van der Waals surface area contributed by atoms with Crippen molar-refractivity contribution in [1.82, 2.24) is 0 Å². The lowest BCUT2D eigenvalue weighted by molar-refractivity contribution is 0.0317. The second-order valence-electron chi connectivity index (χ2n) is 5.29. The predicted octanol–water partition coefficient (Wildman–Crippen LogP) is 3.67. The van der Waals surface area contributed by atoms with E-state index < -0.39 is 17.7 Å². The molecule has 0 spiro atoms. The lowest BCUT2D eigenvalue weighted by atomic mass is 9.91. The molecule has 4 heteroatoms. The molecule has 2 atom stereocenters. The van der Waals surface area contributed by atoms with Gasteiger partial charge in [0.05, 0.1) is 12.7 Å². The Morgan fingerprint density at radius 3 is 2.81 bits per heavy atom. The lowest BCUT2D eigenvalue weighted by Gasteiger charge is -2.28. The van der Waals surface area contributed by atoms with Gasteiger partial charge in [-0.15, -0.1) is 0 Å². The first-order valence-electron chi connectivity index (χ1n) is 7.05. The summed E-state index contributed by atoms with van der Waals surface area (Å²) in [5, 5.41) is 0. The van der Waals surface area contributed by atoms with Crippen molar-refractivity contribution >= 4 is 0 Å². The van der Waals surface area contributed by atoms with E-state index in [1.54, 1.807) is 0 Å². The fourth-order valence-electron chi connectivity index (χ4n) is 2.84. The fourth-order valence-corrected chi connectivity index (χ4v) is 2.84. The molecule has 0 aliphatic carbocycles. The third kappa shape index (κ3) is 2.82. The van der Waals surface area contributed by atoms with Gasteiger partial charge in [-0.25, -0.2) is 8.78 Å². The summed E-state index contributed by atoms with van der Waals surface area (Å²) < 4.78 is 32.9. The molecule has 1 aliphatic heterocycles. The predicted molar refractivity (Wildman–Crippen MR) is 76.7 cm³/mol. The molecule has 2 unspecified atom stereocenters. The molecular weight excluding hydrogens is 272 g/mol. The SMILES string of the molecule is NC(CC1OCCc2ccccc21)c1cccc(F)c1F. The van der Waals surface area contributed by atoms with E-state index in [9.17, 15) is 8.78 Å². The number of hydrogen-bond donors (Lipinski definition) is 1. The third-order valence-corrected chi connectivity index (χ3v) is 3.94. The Morgan fingerprint density at radius 1 is 1.14 bits per heavy atom. The molecule has 2 aromatic carbocycles. The molecule has 2 aromatic rings. The molecule has 21 heavy (non-hydrogen) atoms. The standard InChI is InChI=1S/C17H17F2NO/c18-14-7-3-6-13(17(14)19)15(20)10-16-12-5-2-1-4-11(12)8-9-21-16/h1-7,15-16H,8-10,20H2. The number of rotatable bonds is 3. The van der Waals surface area contributed by atoms with Crippen LogP contribution in [0, 0.1) is 11.6 Å². The summed E-state index contributed by atoms with van der Waals surface area (Å²) in [5.41, 5.74) is 8.59. The van der Waals surface area contributed by atoms with Crippen LogP contribution in [0.2, 0.25) is 0 Å². The van der Waals surface area contributed by atoms with Gasteiger partial charge in [0.1, 0.15) is 0 Å². The molecule has 0 saturated carbocycles. The van der Waals surface area contributed by atoms with Crippen molar-refractivity contribution in [3.05, 3.63) is 70.8 Å². The quantitative estimate of drug-likeness (QED) is 0.935. The van der Waals surface area contributed by atoms with Gasteiger partial charge in [-0.2, -0.15) is 0 Å². The van der Waals surface area contributed by atoms with Crippen LogP contribution in [-0.2, 0) is 11.2 Å². The Morgan fingerprint density at radius 2 is 1.95 bits per heavy atom. The van der Waals surface area contributed by atoms with Gasteiger partial charge >= 0.3 is 0 Å². The van der Waals surface area contributed by atoms with Crippen LogP contribution >= 0.6 is 0 Å². The molecule has 3 rings (SSSR count). The summed E-state index contributed by atoms with van der Waals surface area (Å²) >= 11 is 0. The van der Waals surface area contributed by atoms with Crippen LogP contribution in [0.15, 0.2) is 42.5 Å². The highest BCUT2D eigenvalue weighted by Gasteiger charge is 2.25. The summed E-state index contributed by atoms with van der Waals surface area (Å²) in [6.07, 6.45) is 1.13. The Kier molecular flexibility index (Phi) is 3.99. The number of fused-ring (bicyclic) bond motifs is 1. The highest BCUT2D eigenvalue weighted by molar-refractivity contribution is 5.32. The van der Waals surface area contributed by atoms with Crippen molar-refractivity contribution in [2.45, 2.75) is 25.0 Å². The van der Waals surface area contributed by atoms with Crippen LogP contribution in [0.4, 0.5) is 8.78 Å². The van der Waals surface area contributed by atoms with Gasteiger partial charge < -0.3 is 10.5 Å². The molecule has 0 radical (unpaired) electrons. The van der Waals surface area contributed by atoms with Gasteiger partial charge in [0, 0.05) is 11.6 Å². The number of benzene rings is 2. The average Bonchev–Trinajstić information content (AvgIpc) is 2.50. The first kappa shape index (κ1) is 14.2. The summed E-state index contributed by atoms with van der Waals surface area (Å²) in [5.74, 6) is -1.73. The van der Waals surface area contributed by atoms with Gasteiger partial charge in [0.25, 0.3) is 0 Å². The van der Waals surface area contributed by atoms with E-state index in [0.717, 1.165) is 18.1 Å². The zero-order valence-corrected chi connectivity index (χ0v) is 11.6. The van der Waals surface area contributed by atoms with Crippen LogP contribution in [0.3, 0.4) is 0 Å². The van der Waals surface area contributed by atoms with Crippen LogP contribution in [0.1, 0.15) is 35.3 Å². The van der Waals surface area contributed by atoms with E-state index >= 15 is 0 Å². The van der Waals surface area contributed by atoms with Crippen molar-refractivity contribution in [3.63, 3.8) is 0 Å². The molecule has 1 aliphatic rings. The normalized spacial score (nSPS) is 19.1. The molecular formula is C17H17F2NO. The number of hydrogen-bond acceptors (Lipinski definition) is 2. The zero-order chi connectivity index (χ0) is 14.8. The van der Waals surface area contributed by atoms with Crippen LogP contribution in [-0.4, -0.2) is 6.61 Å². The largest absolute Gasteiger partial charge is 0.373 e. The lowest BCUT2D eigenvalue weighted by Crippen LogP contribution is -2.22. The van der Waals surface area contributed by atoms with Crippen LogP contribution in [0.5, 0.6) is 0 Å². The van der Waals surface area contributed by atoms with Crippen molar-refractivity contribution < 1.29 is 13.5 Å². The van der Waals surface area contributed by atoms with E-state index in [1.165, 1.54) is 17.7 Å².